The Labute approximate surface area is 127 Å². The quantitative estimate of drug-likeness (QED) is 0.475. The Hall–Kier alpha value is -1.66. The fourth-order valence-corrected chi connectivity index (χ4v) is 2.69. The SMILES string of the molecule is COP(=O)(O)O[C@H]1O[C@@H](n2cnc3c(=O)[nH]cnc32)[C@H](O)[C@@H]1O. The van der Waals surface area contributed by atoms with E-state index in [0.29, 0.717) is 0 Å². The molecule has 126 valence electrons. The maximum atomic E-state index is 11.6. The lowest BCUT2D eigenvalue weighted by Crippen LogP contribution is -2.32. The molecule has 1 aliphatic heterocycles. The van der Waals surface area contributed by atoms with E-state index >= 15 is 0 Å². The Morgan fingerprint density at radius 3 is 2.83 bits per heavy atom. The van der Waals surface area contributed by atoms with Crippen molar-refractivity contribution in [1.29, 1.82) is 0 Å². The molecule has 1 saturated heterocycles. The van der Waals surface area contributed by atoms with E-state index < -0.39 is 38.1 Å². The van der Waals surface area contributed by atoms with Gasteiger partial charge in [-0.3, -0.25) is 18.4 Å². The molecule has 1 unspecified atom stereocenters. The van der Waals surface area contributed by atoms with Crippen molar-refractivity contribution >= 4 is 19.0 Å². The Balaban J connectivity index is 1.93. The van der Waals surface area contributed by atoms with E-state index in [-0.39, 0.29) is 11.2 Å². The van der Waals surface area contributed by atoms with Crippen molar-refractivity contribution < 1.29 is 33.5 Å². The highest BCUT2D eigenvalue weighted by Crippen LogP contribution is 2.47. The minimum atomic E-state index is -4.44. The van der Waals surface area contributed by atoms with E-state index in [4.69, 9.17) is 4.74 Å². The standard InChI is InChI=1S/C10H13N4O8P/c1-20-23(18,19)22-10-6(16)5(15)9(21-10)14-3-13-4-7(14)11-2-12-8(4)17/h2-3,5-6,9-10,15-16H,1H3,(H,18,19)(H,11,12,17)/t5-,6+,9-,10-/m1/s1. The van der Waals surface area contributed by atoms with Crippen LogP contribution in [0, 0.1) is 0 Å². The van der Waals surface area contributed by atoms with Crippen LogP contribution >= 0.6 is 7.82 Å². The molecule has 2 aromatic heterocycles. The predicted molar refractivity (Wildman–Crippen MR) is 72.0 cm³/mol. The van der Waals surface area contributed by atoms with Crippen molar-refractivity contribution in [3.63, 3.8) is 0 Å². The molecule has 0 bridgehead atoms. The largest absolute Gasteiger partial charge is 0.474 e. The first kappa shape index (κ1) is 16.2. The number of imidazole rings is 1. The lowest BCUT2D eigenvalue weighted by atomic mass is 10.2. The highest BCUT2D eigenvalue weighted by atomic mass is 31.2. The van der Waals surface area contributed by atoms with Gasteiger partial charge in [0.05, 0.1) is 12.7 Å². The number of hydrogen-bond acceptors (Lipinski definition) is 9. The van der Waals surface area contributed by atoms with Crippen LogP contribution < -0.4 is 5.56 Å². The monoisotopic (exact) mass is 348 g/mol. The predicted octanol–water partition coefficient (Wildman–Crippen LogP) is -1.54. The third-order valence-electron chi connectivity index (χ3n) is 3.30. The summed E-state index contributed by atoms with van der Waals surface area (Å²) in [6.07, 6.45) is -3.67. The summed E-state index contributed by atoms with van der Waals surface area (Å²) in [7, 11) is -3.50. The molecule has 3 rings (SSSR count). The Morgan fingerprint density at radius 1 is 1.39 bits per heavy atom. The van der Waals surface area contributed by atoms with Gasteiger partial charge in [0.15, 0.2) is 23.7 Å². The molecule has 1 fully saturated rings. The highest BCUT2D eigenvalue weighted by Gasteiger charge is 2.47. The average molecular weight is 348 g/mol. The number of hydrogen-bond donors (Lipinski definition) is 4. The molecule has 23 heavy (non-hydrogen) atoms. The second kappa shape index (κ2) is 5.76. The summed E-state index contributed by atoms with van der Waals surface area (Å²) in [4.78, 5) is 31.0. The first-order valence-electron chi connectivity index (χ1n) is 6.33. The maximum Gasteiger partial charge on any atom is 0.474 e. The summed E-state index contributed by atoms with van der Waals surface area (Å²) in [6.45, 7) is 0. The number of phosphoric acid groups is 1. The summed E-state index contributed by atoms with van der Waals surface area (Å²) in [5.41, 5.74) is -0.384. The van der Waals surface area contributed by atoms with Gasteiger partial charge in [-0.2, -0.15) is 0 Å². The fraction of sp³-hybridized carbons (Fsp3) is 0.500. The minimum Gasteiger partial charge on any atom is -0.385 e. The van der Waals surface area contributed by atoms with Crippen LogP contribution in [0.1, 0.15) is 6.23 Å². The Kier molecular flexibility index (Phi) is 4.06. The number of nitrogens with zero attached hydrogens (tertiary/aromatic N) is 3. The first-order chi connectivity index (χ1) is 10.8. The summed E-state index contributed by atoms with van der Waals surface area (Å²) in [6, 6.07) is 0. The van der Waals surface area contributed by atoms with Crippen LogP contribution in [0.25, 0.3) is 11.2 Å². The van der Waals surface area contributed by atoms with Gasteiger partial charge < -0.3 is 24.8 Å². The number of nitrogens with one attached hydrogen (secondary N) is 1. The molecular weight excluding hydrogens is 335 g/mol. The lowest BCUT2D eigenvalue weighted by Gasteiger charge is -2.17. The van der Waals surface area contributed by atoms with Crippen LogP contribution in [0.4, 0.5) is 0 Å². The van der Waals surface area contributed by atoms with Crippen LogP contribution in [0.15, 0.2) is 17.4 Å². The number of rotatable bonds is 4. The van der Waals surface area contributed by atoms with Gasteiger partial charge in [-0.25, -0.2) is 14.5 Å². The van der Waals surface area contributed by atoms with Crippen LogP contribution in [-0.4, -0.2) is 60.2 Å². The fourth-order valence-electron chi connectivity index (χ4n) is 2.17. The van der Waals surface area contributed by atoms with Crippen molar-refractivity contribution in [2.45, 2.75) is 24.7 Å². The van der Waals surface area contributed by atoms with Crippen molar-refractivity contribution in [3.05, 3.63) is 23.0 Å². The van der Waals surface area contributed by atoms with Gasteiger partial charge in [0.25, 0.3) is 5.56 Å². The van der Waals surface area contributed by atoms with Crippen molar-refractivity contribution in [2.75, 3.05) is 7.11 Å². The molecule has 0 aromatic carbocycles. The number of ether oxygens (including phenoxy) is 1. The Morgan fingerprint density at radius 2 is 2.13 bits per heavy atom. The van der Waals surface area contributed by atoms with Crippen molar-refractivity contribution in [3.8, 4) is 0 Å². The van der Waals surface area contributed by atoms with E-state index in [1.54, 1.807) is 0 Å². The van der Waals surface area contributed by atoms with Crippen LogP contribution in [0.2, 0.25) is 0 Å². The minimum absolute atomic E-state index is 0.00637. The number of aliphatic hydroxyl groups is 2. The van der Waals surface area contributed by atoms with Gasteiger partial charge >= 0.3 is 7.82 Å². The van der Waals surface area contributed by atoms with Crippen LogP contribution in [0.3, 0.4) is 0 Å². The topological polar surface area (TPSA) is 169 Å². The Bertz CT molecular complexity index is 821. The summed E-state index contributed by atoms with van der Waals surface area (Å²) in [5.74, 6) is 0. The second-order valence-corrected chi connectivity index (χ2v) is 6.20. The number of H-pyrrole nitrogens is 1. The van der Waals surface area contributed by atoms with E-state index in [2.05, 4.69) is 24.0 Å². The third-order valence-corrected chi connectivity index (χ3v) is 4.24. The third kappa shape index (κ3) is 2.81. The lowest BCUT2D eigenvalue weighted by molar-refractivity contribution is -0.135. The van der Waals surface area contributed by atoms with Gasteiger partial charge in [0, 0.05) is 7.11 Å². The molecule has 0 spiro atoms. The van der Waals surface area contributed by atoms with Crippen LogP contribution in [0.5, 0.6) is 0 Å². The second-order valence-electron chi connectivity index (χ2n) is 4.69. The summed E-state index contributed by atoms with van der Waals surface area (Å²) in [5, 5.41) is 20.0. The van der Waals surface area contributed by atoms with Gasteiger partial charge in [0.2, 0.25) is 0 Å². The zero-order valence-corrected chi connectivity index (χ0v) is 12.5. The van der Waals surface area contributed by atoms with Gasteiger partial charge in [0.1, 0.15) is 12.2 Å². The van der Waals surface area contributed by atoms with E-state index in [1.807, 2.05) is 0 Å². The maximum absolute atomic E-state index is 11.6. The number of aromatic amines is 1. The molecule has 0 radical (unpaired) electrons. The van der Waals surface area contributed by atoms with E-state index in [0.717, 1.165) is 13.4 Å². The molecule has 12 nitrogen and oxygen atoms in total. The average Bonchev–Trinajstić information content (AvgIpc) is 3.05. The van der Waals surface area contributed by atoms with Gasteiger partial charge in [-0.1, -0.05) is 0 Å². The molecular formula is C10H13N4O8P. The molecule has 0 saturated carbocycles. The molecule has 0 aliphatic carbocycles. The summed E-state index contributed by atoms with van der Waals surface area (Å²) >= 11 is 0. The first-order valence-corrected chi connectivity index (χ1v) is 7.82. The molecule has 3 heterocycles. The van der Waals surface area contributed by atoms with Gasteiger partial charge in [-0.15, -0.1) is 0 Å². The van der Waals surface area contributed by atoms with E-state index in [1.165, 1.54) is 10.9 Å². The zero-order chi connectivity index (χ0) is 16.8. The molecule has 5 atom stereocenters. The molecule has 13 heteroatoms. The number of aliphatic hydroxyl groups excluding tert-OH is 2. The van der Waals surface area contributed by atoms with E-state index in [9.17, 15) is 24.5 Å². The molecule has 0 amide bonds. The van der Waals surface area contributed by atoms with Crippen molar-refractivity contribution in [2.24, 2.45) is 0 Å². The number of phosphoric ester groups is 1. The summed E-state index contributed by atoms with van der Waals surface area (Å²) < 4.78 is 26.7. The van der Waals surface area contributed by atoms with Crippen LogP contribution in [-0.2, 0) is 18.3 Å². The highest BCUT2D eigenvalue weighted by molar-refractivity contribution is 7.47. The molecule has 2 aromatic rings. The normalized spacial score (nSPS) is 30.6. The number of aromatic nitrogens is 4. The smallest absolute Gasteiger partial charge is 0.385 e. The molecule has 4 N–H and O–H groups in total. The molecule has 1 aliphatic rings. The van der Waals surface area contributed by atoms with Crippen molar-refractivity contribution in [1.82, 2.24) is 19.5 Å². The van der Waals surface area contributed by atoms with Gasteiger partial charge in [-0.05, 0) is 0 Å². The number of fused-ring (bicyclic) bond motifs is 1. The zero-order valence-electron chi connectivity index (χ0n) is 11.6.